The Bertz CT molecular complexity index is 576. The van der Waals surface area contributed by atoms with Crippen LogP contribution in [0.3, 0.4) is 0 Å². The van der Waals surface area contributed by atoms with Gasteiger partial charge in [0.15, 0.2) is 0 Å². The molecule has 0 unspecified atom stereocenters. The van der Waals surface area contributed by atoms with Gasteiger partial charge in [0.2, 0.25) is 0 Å². The number of rotatable bonds is 2. The Hall–Kier alpha value is -1.77. The molecule has 0 atom stereocenters. The van der Waals surface area contributed by atoms with Gasteiger partial charge in [-0.2, -0.15) is 0 Å². The van der Waals surface area contributed by atoms with Crippen LogP contribution in [0.1, 0.15) is 26.3 Å². The Labute approximate surface area is 107 Å². The first-order chi connectivity index (χ1) is 8.35. The highest BCUT2D eigenvalue weighted by Gasteiger charge is 2.16. The molecule has 0 saturated heterocycles. The van der Waals surface area contributed by atoms with Gasteiger partial charge in [-0.25, -0.2) is 0 Å². The molecule has 0 aliphatic carbocycles. The lowest BCUT2D eigenvalue weighted by atomic mass is 10.1. The zero-order valence-electron chi connectivity index (χ0n) is 11.4. The van der Waals surface area contributed by atoms with Crippen LogP contribution in [0, 0.1) is 0 Å². The van der Waals surface area contributed by atoms with E-state index in [1.165, 1.54) is 5.39 Å². The predicted molar refractivity (Wildman–Crippen MR) is 72.5 cm³/mol. The second-order valence-electron chi connectivity index (χ2n) is 5.58. The fraction of sp³-hybridized carbons (Fsp3) is 0.400. The summed E-state index contributed by atoms with van der Waals surface area (Å²) in [4.78, 5) is 11.8. The van der Waals surface area contributed by atoms with E-state index in [1.54, 1.807) is 0 Å². The molecule has 3 nitrogen and oxygen atoms in total. The van der Waals surface area contributed by atoms with Crippen LogP contribution >= 0.6 is 0 Å². The highest BCUT2D eigenvalue weighted by Crippen LogP contribution is 2.18. The van der Waals surface area contributed by atoms with Crippen LogP contribution in [0.5, 0.6) is 0 Å². The number of fused-ring (bicyclic) bond motifs is 1. The first-order valence-electron chi connectivity index (χ1n) is 6.11. The summed E-state index contributed by atoms with van der Waals surface area (Å²) in [5, 5.41) is 1.19. The topological polar surface area (TPSA) is 31.2 Å². The molecule has 3 heteroatoms. The van der Waals surface area contributed by atoms with Crippen LogP contribution in [0.4, 0.5) is 0 Å². The first kappa shape index (κ1) is 12.7. The molecule has 1 heterocycles. The summed E-state index contributed by atoms with van der Waals surface area (Å²) in [6.07, 6.45) is 2.33. The second-order valence-corrected chi connectivity index (χ2v) is 5.58. The molecule has 0 aliphatic rings. The van der Waals surface area contributed by atoms with E-state index in [0.717, 1.165) is 11.1 Å². The van der Waals surface area contributed by atoms with Gasteiger partial charge in [0.25, 0.3) is 0 Å². The number of carbonyl (C=O) groups excluding carboxylic acids is 1. The summed E-state index contributed by atoms with van der Waals surface area (Å²) < 4.78 is 7.37. The molecule has 2 aromatic rings. The summed E-state index contributed by atoms with van der Waals surface area (Å²) >= 11 is 0. The predicted octanol–water partition coefficient (Wildman–Crippen LogP) is 3.06. The van der Waals surface area contributed by atoms with Crippen LogP contribution in [0.15, 0.2) is 30.5 Å². The van der Waals surface area contributed by atoms with Crippen molar-refractivity contribution >= 4 is 16.9 Å². The molecular formula is C15H19NO2. The Balaban J connectivity index is 2.17. The third kappa shape index (κ3) is 2.92. The number of carbonyl (C=O) groups is 1. The fourth-order valence-corrected chi connectivity index (χ4v) is 1.96. The minimum absolute atomic E-state index is 0.184. The number of benzene rings is 1. The van der Waals surface area contributed by atoms with Gasteiger partial charge in [-0.15, -0.1) is 0 Å². The second kappa shape index (κ2) is 4.48. The van der Waals surface area contributed by atoms with Gasteiger partial charge >= 0.3 is 5.97 Å². The number of aryl methyl sites for hydroxylation is 1. The number of esters is 1. The summed E-state index contributed by atoms with van der Waals surface area (Å²) in [5.41, 5.74) is 1.70. The summed E-state index contributed by atoms with van der Waals surface area (Å²) in [6, 6.07) is 8.12. The highest BCUT2D eigenvalue weighted by atomic mass is 16.6. The molecule has 0 spiro atoms. The highest BCUT2D eigenvalue weighted by molar-refractivity contribution is 5.82. The maximum Gasteiger partial charge on any atom is 0.310 e. The Morgan fingerprint density at radius 2 is 2.00 bits per heavy atom. The minimum atomic E-state index is -0.424. The van der Waals surface area contributed by atoms with Gasteiger partial charge in [0.1, 0.15) is 5.60 Å². The van der Waals surface area contributed by atoms with Gasteiger partial charge in [0, 0.05) is 18.8 Å². The monoisotopic (exact) mass is 245 g/mol. The van der Waals surface area contributed by atoms with E-state index in [2.05, 4.69) is 6.07 Å². The first-order valence-corrected chi connectivity index (χ1v) is 6.11. The number of hydrogen-bond acceptors (Lipinski definition) is 2. The number of ether oxygens (including phenoxy) is 1. The van der Waals surface area contributed by atoms with Crippen molar-refractivity contribution in [3.8, 4) is 0 Å². The van der Waals surface area contributed by atoms with E-state index in [-0.39, 0.29) is 5.97 Å². The molecule has 18 heavy (non-hydrogen) atoms. The van der Waals surface area contributed by atoms with Crippen molar-refractivity contribution in [2.24, 2.45) is 7.05 Å². The molecule has 0 bridgehead atoms. The zero-order valence-corrected chi connectivity index (χ0v) is 11.4. The Kier molecular flexibility index (Phi) is 3.16. The molecule has 0 aliphatic heterocycles. The van der Waals surface area contributed by atoms with Gasteiger partial charge in [0.05, 0.1) is 6.42 Å². The van der Waals surface area contributed by atoms with Gasteiger partial charge in [-0.1, -0.05) is 12.1 Å². The van der Waals surface area contributed by atoms with Crippen LogP contribution in [-0.2, 0) is 23.0 Å². The maximum absolute atomic E-state index is 11.8. The number of nitrogens with zero attached hydrogens (tertiary/aromatic N) is 1. The number of hydrogen-bond donors (Lipinski definition) is 0. The minimum Gasteiger partial charge on any atom is -0.460 e. The Morgan fingerprint density at radius 3 is 2.67 bits per heavy atom. The SMILES string of the molecule is Cn1ccc2ccc(CC(=O)OC(C)(C)C)cc21. The maximum atomic E-state index is 11.8. The van der Waals surface area contributed by atoms with E-state index < -0.39 is 5.60 Å². The molecule has 1 aromatic carbocycles. The Morgan fingerprint density at radius 1 is 1.28 bits per heavy atom. The van der Waals surface area contributed by atoms with E-state index in [0.29, 0.717) is 6.42 Å². The van der Waals surface area contributed by atoms with Crippen LogP contribution in [-0.4, -0.2) is 16.1 Å². The van der Waals surface area contributed by atoms with Crippen LogP contribution in [0.2, 0.25) is 0 Å². The van der Waals surface area contributed by atoms with Crippen molar-refractivity contribution in [3.05, 3.63) is 36.0 Å². The van der Waals surface area contributed by atoms with Gasteiger partial charge in [-0.05, 0) is 43.9 Å². The van der Waals surface area contributed by atoms with Crippen molar-refractivity contribution in [1.29, 1.82) is 0 Å². The smallest absolute Gasteiger partial charge is 0.310 e. The molecule has 0 N–H and O–H groups in total. The zero-order chi connectivity index (χ0) is 13.3. The molecule has 0 radical (unpaired) electrons. The quantitative estimate of drug-likeness (QED) is 0.761. The lowest BCUT2D eigenvalue weighted by Gasteiger charge is -2.19. The fourth-order valence-electron chi connectivity index (χ4n) is 1.96. The molecule has 0 amide bonds. The summed E-state index contributed by atoms with van der Waals surface area (Å²) in [5.74, 6) is -0.184. The van der Waals surface area contributed by atoms with E-state index in [9.17, 15) is 4.79 Å². The van der Waals surface area contributed by atoms with E-state index in [1.807, 2.05) is 56.8 Å². The van der Waals surface area contributed by atoms with Gasteiger partial charge < -0.3 is 9.30 Å². The largest absolute Gasteiger partial charge is 0.460 e. The molecule has 1 aromatic heterocycles. The van der Waals surface area contributed by atoms with Crippen molar-refractivity contribution < 1.29 is 9.53 Å². The van der Waals surface area contributed by atoms with Crippen molar-refractivity contribution in [1.82, 2.24) is 4.57 Å². The third-order valence-corrected chi connectivity index (χ3v) is 2.72. The van der Waals surface area contributed by atoms with Crippen molar-refractivity contribution in [3.63, 3.8) is 0 Å². The van der Waals surface area contributed by atoms with E-state index >= 15 is 0 Å². The average molecular weight is 245 g/mol. The lowest BCUT2D eigenvalue weighted by molar-refractivity contribution is -0.153. The van der Waals surface area contributed by atoms with Crippen LogP contribution < -0.4 is 0 Å². The standard InChI is InChI=1S/C15H19NO2/c1-15(2,3)18-14(17)10-11-5-6-12-7-8-16(4)13(12)9-11/h5-9H,10H2,1-4H3. The van der Waals surface area contributed by atoms with Crippen molar-refractivity contribution in [2.45, 2.75) is 32.8 Å². The normalized spacial score (nSPS) is 11.8. The van der Waals surface area contributed by atoms with Crippen molar-refractivity contribution in [2.75, 3.05) is 0 Å². The summed E-state index contributed by atoms with van der Waals surface area (Å²) in [6.45, 7) is 5.64. The summed E-state index contributed by atoms with van der Waals surface area (Å²) in [7, 11) is 2.00. The lowest BCUT2D eigenvalue weighted by Crippen LogP contribution is -2.24. The molecule has 0 fully saturated rings. The van der Waals surface area contributed by atoms with Gasteiger partial charge in [-0.3, -0.25) is 4.79 Å². The van der Waals surface area contributed by atoms with Crippen LogP contribution in [0.25, 0.3) is 10.9 Å². The molecule has 2 rings (SSSR count). The molecular weight excluding hydrogens is 226 g/mol. The number of aromatic nitrogens is 1. The molecule has 0 saturated carbocycles. The van der Waals surface area contributed by atoms with E-state index in [4.69, 9.17) is 4.74 Å². The molecule has 96 valence electrons. The third-order valence-electron chi connectivity index (χ3n) is 2.72. The average Bonchev–Trinajstić information content (AvgIpc) is 2.57.